The van der Waals surface area contributed by atoms with Crippen LogP contribution >= 0.6 is 27.5 Å². The Morgan fingerprint density at radius 3 is 2.56 bits per heavy atom. The fourth-order valence-corrected chi connectivity index (χ4v) is 2.73. The van der Waals surface area contributed by atoms with E-state index >= 15 is 0 Å². The van der Waals surface area contributed by atoms with Gasteiger partial charge in [-0.15, -0.1) is 0 Å². The van der Waals surface area contributed by atoms with E-state index in [-0.39, 0.29) is 18.4 Å². The molecule has 0 saturated heterocycles. The normalized spacial score (nSPS) is 10.6. The number of nitrogens with one attached hydrogen (secondary N) is 2. The third-order valence-corrected chi connectivity index (χ3v) is 4.32. The van der Waals surface area contributed by atoms with Crippen LogP contribution in [0.5, 0.6) is 0 Å². The first-order valence-corrected chi connectivity index (χ1v) is 8.89. The summed E-state index contributed by atoms with van der Waals surface area (Å²) in [5, 5.41) is 6.18. The standard InChI is InChI=1S/C18H19BrClN3O2/c1-23(12-18(25)21-14-6-4-5-13(20)11-14)10-9-17(24)22-16-8-3-2-7-15(16)19/h2-8,11H,9-10,12H2,1H3,(H,21,25)(H,22,24). The van der Waals surface area contributed by atoms with Crippen molar-refractivity contribution in [3.05, 3.63) is 58.0 Å². The summed E-state index contributed by atoms with van der Waals surface area (Å²) in [5.41, 5.74) is 1.38. The Hall–Kier alpha value is -1.89. The molecule has 0 bridgehead atoms. The van der Waals surface area contributed by atoms with Gasteiger partial charge in [0.2, 0.25) is 11.8 Å². The van der Waals surface area contributed by atoms with Crippen LogP contribution in [0.4, 0.5) is 11.4 Å². The van der Waals surface area contributed by atoms with Gasteiger partial charge in [0.15, 0.2) is 0 Å². The van der Waals surface area contributed by atoms with Gasteiger partial charge in [-0.3, -0.25) is 14.5 Å². The highest BCUT2D eigenvalue weighted by atomic mass is 79.9. The summed E-state index contributed by atoms with van der Waals surface area (Å²) in [5.74, 6) is -0.259. The van der Waals surface area contributed by atoms with Crippen molar-refractivity contribution < 1.29 is 9.59 Å². The Labute approximate surface area is 160 Å². The number of amides is 2. The zero-order valence-electron chi connectivity index (χ0n) is 13.8. The number of nitrogens with zero attached hydrogens (tertiary/aromatic N) is 1. The molecule has 0 atom stereocenters. The van der Waals surface area contributed by atoms with Gasteiger partial charge in [-0.25, -0.2) is 0 Å². The summed E-state index contributed by atoms with van der Waals surface area (Å²) in [6.45, 7) is 0.661. The monoisotopic (exact) mass is 423 g/mol. The molecule has 0 radical (unpaired) electrons. The van der Waals surface area contributed by atoms with Crippen molar-refractivity contribution in [3.63, 3.8) is 0 Å². The number of benzene rings is 2. The Morgan fingerprint density at radius 2 is 1.84 bits per heavy atom. The van der Waals surface area contributed by atoms with Crippen LogP contribution in [-0.4, -0.2) is 36.9 Å². The predicted octanol–water partition coefficient (Wildman–Crippen LogP) is 4.00. The third-order valence-electron chi connectivity index (χ3n) is 3.39. The van der Waals surface area contributed by atoms with Crippen molar-refractivity contribution in [2.24, 2.45) is 0 Å². The molecular formula is C18H19BrClN3O2. The van der Waals surface area contributed by atoms with Crippen molar-refractivity contribution in [1.29, 1.82) is 0 Å². The average molecular weight is 425 g/mol. The fraction of sp³-hybridized carbons (Fsp3) is 0.222. The van der Waals surface area contributed by atoms with E-state index in [1.165, 1.54) is 0 Å². The highest BCUT2D eigenvalue weighted by molar-refractivity contribution is 9.10. The van der Waals surface area contributed by atoms with E-state index < -0.39 is 0 Å². The van der Waals surface area contributed by atoms with Crippen LogP contribution in [0.3, 0.4) is 0 Å². The van der Waals surface area contributed by atoms with Gasteiger partial charge in [-0.1, -0.05) is 29.8 Å². The maximum absolute atomic E-state index is 12.0. The molecule has 0 aromatic heterocycles. The van der Waals surface area contributed by atoms with Crippen LogP contribution in [-0.2, 0) is 9.59 Å². The summed E-state index contributed by atoms with van der Waals surface area (Å²) in [6.07, 6.45) is 0.294. The highest BCUT2D eigenvalue weighted by Gasteiger charge is 2.10. The quantitative estimate of drug-likeness (QED) is 0.706. The lowest BCUT2D eigenvalue weighted by atomic mass is 10.3. The van der Waals surface area contributed by atoms with Crippen LogP contribution in [0.2, 0.25) is 5.02 Å². The lowest BCUT2D eigenvalue weighted by molar-refractivity contribution is -0.119. The van der Waals surface area contributed by atoms with E-state index in [1.807, 2.05) is 24.3 Å². The molecule has 2 aromatic rings. The molecule has 25 heavy (non-hydrogen) atoms. The minimum Gasteiger partial charge on any atom is -0.325 e. The molecule has 0 aliphatic heterocycles. The first-order valence-electron chi connectivity index (χ1n) is 7.72. The van der Waals surface area contributed by atoms with Gasteiger partial charge in [-0.05, 0) is 53.3 Å². The topological polar surface area (TPSA) is 61.4 Å². The number of hydrogen-bond donors (Lipinski definition) is 2. The Bertz CT molecular complexity index is 755. The number of anilines is 2. The lowest BCUT2D eigenvalue weighted by Gasteiger charge is -2.16. The van der Waals surface area contributed by atoms with E-state index in [0.29, 0.717) is 23.7 Å². The van der Waals surface area contributed by atoms with Crippen LogP contribution in [0.15, 0.2) is 53.0 Å². The van der Waals surface area contributed by atoms with Gasteiger partial charge in [-0.2, -0.15) is 0 Å². The number of rotatable bonds is 7. The second kappa shape index (κ2) is 9.56. The van der Waals surface area contributed by atoms with Gasteiger partial charge in [0.1, 0.15) is 0 Å². The van der Waals surface area contributed by atoms with Crippen LogP contribution in [0, 0.1) is 0 Å². The molecule has 7 heteroatoms. The van der Waals surface area contributed by atoms with Gasteiger partial charge in [0.05, 0.1) is 12.2 Å². The molecular weight excluding hydrogens is 406 g/mol. The molecule has 0 fully saturated rings. The minimum absolute atomic E-state index is 0.103. The third kappa shape index (κ3) is 6.86. The number of hydrogen-bond acceptors (Lipinski definition) is 3. The number of likely N-dealkylation sites (N-methyl/N-ethyl adjacent to an activating group) is 1. The molecule has 2 N–H and O–H groups in total. The van der Waals surface area contributed by atoms with Crippen LogP contribution in [0.1, 0.15) is 6.42 Å². The second-order valence-electron chi connectivity index (χ2n) is 5.57. The first-order chi connectivity index (χ1) is 11.9. The predicted molar refractivity (Wildman–Crippen MR) is 105 cm³/mol. The van der Waals surface area contributed by atoms with Crippen molar-refractivity contribution in [1.82, 2.24) is 4.90 Å². The molecule has 0 aliphatic rings. The lowest BCUT2D eigenvalue weighted by Crippen LogP contribution is -2.32. The van der Waals surface area contributed by atoms with Gasteiger partial charge in [0.25, 0.3) is 0 Å². The molecule has 0 spiro atoms. The number of halogens is 2. The molecule has 0 aliphatic carbocycles. The van der Waals surface area contributed by atoms with E-state index in [2.05, 4.69) is 26.6 Å². The molecule has 132 valence electrons. The molecule has 0 saturated carbocycles. The zero-order chi connectivity index (χ0) is 18.2. The van der Waals surface area contributed by atoms with E-state index in [4.69, 9.17) is 11.6 Å². The summed E-state index contributed by atoms with van der Waals surface area (Å²) < 4.78 is 0.831. The Balaban J connectivity index is 1.74. The van der Waals surface area contributed by atoms with Gasteiger partial charge < -0.3 is 10.6 Å². The summed E-state index contributed by atoms with van der Waals surface area (Å²) >= 11 is 9.27. The maximum atomic E-state index is 12.0. The van der Waals surface area contributed by atoms with Crippen LogP contribution in [0.25, 0.3) is 0 Å². The largest absolute Gasteiger partial charge is 0.325 e. The average Bonchev–Trinajstić information content (AvgIpc) is 2.55. The molecule has 2 amide bonds. The first kappa shape index (κ1) is 19.4. The molecule has 5 nitrogen and oxygen atoms in total. The van der Waals surface area contributed by atoms with Crippen LogP contribution < -0.4 is 10.6 Å². The number of carbonyl (C=O) groups excluding carboxylic acids is 2. The number of para-hydroxylation sites is 1. The maximum Gasteiger partial charge on any atom is 0.238 e. The summed E-state index contributed by atoms with van der Waals surface area (Å²) in [7, 11) is 1.79. The zero-order valence-corrected chi connectivity index (χ0v) is 16.1. The van der Waals surface area contributed by atoms with E-state index in [0.717, 1.165) is 10.2 Å². The van der Waals surface area contributed by atoms with E-state index in [9.17, 15) is 9.59 Å². The van der Waals surface area contributed by atoms with E-state index in [1.54, 1.807) is 36.2 Å². The highest BCUT2D eigenvalue weighted by Crippen LogP contribution is 2.21. The van der Waals surface area contributed by atoms with Crippen molar-refractivity contribution in [3.8, 4) is 0 Å². The fourth-order valence-electron chi connectivity index (χ4n) is 2.16. The second-order valence-corrected chi connectivity index (χ2v) is 6.87. The number of carbonyl (C=O) groups is 2. The van der Waals surface area contributed by atoms with Crippen molar-refractivity contribution in [2.45, 2.75) is 6.42 Å². The minimum atomic E-state index is -0.157. The van der Waals surface area contributed by atoms with Crippen molar-refractivity contribution in [2.75, 3.05) is 30.8 Å². The molecule has 0 unspecified atom stereocenters. The molecule has 2 aromatic carbocycles. The Morgan fingerprint density at radius 1 is 1.08 bits per heavy atom. The SMILES string of the molecule is CN(CCC(=O)Nc1ccccc1Br)CC(=O)Nc1cccc(Cl)c1. The summed E-state index contributed by atoms with van der Waals surface area (Å²) in [6, 6.07) is 14.4. The van der Waals surface area contributed by atoms with Crippen molar-refractivity contribution >= 4 is 50.7 Å². The van der Waals surface area contributed by atoms with Gasteiger partial charge >= 0.3 is 0 Å². The smallest absolute Gasteiger partial charge is 0.238 e. The Kier molecular flexibility index (Phi) is 7.43. The molecule has 0 heterocycles. The van der Waals surface area contributed by atoms with Gasteiger partial charge in [0, 0.05) is 28.1 Å². The molecule has 2 rings (SSSR count). The summed E-state index contributed by atoms with van der Waals surface area (Å²) in [4.78, 5) is 25.8.